The molecule has 0 radical (unpaired) electrons. The number of hydrogen-bond donors (Lipinski definition) is 2. The highest BCUT2D eigenvalue weighted by atomic mass is 16.5. The molecular weight excluding hydrogens is 372 g/mol. The quantitative estimate of drug-likeness (QED) is 0.306. The van der Waals surface area contributed by atoms with E-state index in [2.05, 4.69) is 58.5 Å². The highest BCUT2D eigenvalue weighted by molar-refractivity contribution is 5.10. The lowest BCUT2D eigenvalue weighted by Gasteiger charge is -2.30. The van der Waals surface area contributed by atoms with Crippen LogP contribution in [-0.4, -0.2) is 34.7 Å². The molecule has 1 saturated heterocycles. The molecule has 4 heteroatoms. The van der Waals surface area contributed by atoms with Crippen LogP contribution in [0.3, 0.4) is 0 Å². The third kappa shape index (κ3) is 10.2. The summed E-state index contributed by atoms with van der Waals surface area (Å²) in [4.78, 5) is 2.40. The lowest BCUT2D eigenvalue weighted by Crippen LogP contribution is -2.40. The molecule has 1 heterocycles. The largest absolute Gasteiger partial charge is 0.412 e. The fraction of sp³-hybridized carbons (Fsp3) is 0.923. The van der Waals surface area contributed by atoms with Crippen molar-refractivity contribution in [2.24, 2.45) is 23.2 Å². The van der Waals surface area contributed by atoms with Crippen LogP contribution in [0.5, 0.6) is 0 Å². The molecule has 30 heavy (non-hydrogen) atoms. The van der Waals surface area contributed by atoms with E-state index in [-0.39, 0.29) is 11.5 Å². The van der Waals surface area contributed by atoms with Gasteiger partial charge in [-0.1, -0.05) is 112 Å². The molecule has 2 aliphatic rings. The maximum absolute atomic E-state index is 9.43. The van der Waals surface area contributed by atoms with Crippen molar-refractivity contribution in [1.82, 2.24) is 10.4 Å². The van der Waals surface area contributed by atoms with Gasteiger partial charge in [0.05, 0.1) is 6.04 Å². The molecule has 0 bridgehead atoms. The second-order valence-electron chi connectivity index (χ2n) is 10.8. The van der Waals surface area contributed by atoms with E-state index in [4.69, 9.17) is 0 Å². The Morgan fingerprint density at radius 1 is 1.07 bits per heavy atom. The molecule has 3 atom stereocenters. The second-order valence-corrected chi connectivity index (χ2v) is 10.8. The number of nitrogens with one attached hydrogen (secondary N) is 1. The number of likely N-dealkylation sites (tertiary alicyclic amines) is 1. The fourth-order valence-corrected chi connectivity index (χ4v) is 4.85. The normalized spacial score (nSPS) is 22.7. The van der Waals surface area contributed by atoms with Gasteiger partial charge < -0.3 is 15.6 Å². The Morgan fingerprint density at radius 3 is 2.03 bits per heavy atom. The average Bonchev–Trinajstić information content (AvgIpc) is 3.01. The average molecular weight is 427 g/mol. The Kier molecular flexibility index (Phi) is 15.0. The lowest BCUT2D eigenvalue weighted by atomic mass is 9.79. The van der Waals surface area contributed by atoms with Crippen LogP contribution in [0.1, 0.15) is 112 Å². The third-order valence-corrected chi connectivity index (χ3v) is 7.41. The van der Waals surface area contributed by atoms with Gasteiger partial charge in [0.25, 0.3) is 0 Å². The lowest BCUT2D eigenvalue weighted by molar-refractivity contribution is 0.106. The van der Waals surface area contributed by atoms with Gasteiger partial charge in [-0.3, -0.25) is 0 Å². The van der Waals surface area contributed by atoms with Gasteiger partial charge in [0.15, 0.2) is 0 Å². The summed E-state index contributed by atoms with van der Waals surface area (Å²) in [7, 11) is 0. The minimum absolute atomic E-state index is 0. The van der Waals surface area contributed by atoms with Gasteiger partial charge in [-0.25, -0.2) is 0 Å². The van der Waals surface area contributed by atoms with E-state index in [0.29, 0.717) is 11.3 Å². The molecule has 1 aliphatic heterocycles. The summed E-state index contributed by atoms with van der Waals surface area (Å²) in [6.07, 6.45) is 15.7. The van der Waals surface area contributed by atoms with Gasteiger partial charge in [-0.15, -0.1) is 0 Å². The van der Waals surface area contributed by atoms with Crippen LogP contribution in [0.2, 0.25) is 0 Å². The molecule has 0 amide bonds. The molecule has 2 rings (SSSR count). The first kappa shape index (κ1) is 29.4. The van der Waals surface area contributed by atoms with Gasteiger partial charge in [0.1, 0.15) is 0 Å². The smallest absolute Gasteiger partial charge is 0.0734 e. The van der Waals surface area contributed by atoms with Crippen LogP contribution < -0.4 is 5.48 Å². The highest BCUT2D eigenvalue weighted by Crippen LogP contribution is 2.40. The summed E-state index contributed by atoms with van der Waals surface area (Å²) in [5.41, 5.74) is 3.82. The Bertz CT molecular complexity index is 435. The van der Waals surface area contributed by atoms with Gasteiger partial charge in [-0.2, -0.15) is 5.48 Å². The number of unbranched alkanes of at least 4 members (excludes halogenated alkanes) is 1. The van der Waals surface area contributed by atoms with Crippen molar-refractivity contribution >= 4 is 0 Å². The summed E-state index contributed by atoms with van der Waals surface area (Å²) >= 11 is 0. The molecule has 1 saturated carbocycles. The van der Waals surface area contributed by atoms with Crippen LogP contribution in [0.25, 0.3) is 0 Å². The van der Waals surface area contributed by atoms with Crippen molar-refractivity contribution in [3.63, 3.8) is 0 Å². The van der Waals surface area contributed by atoms with Crippen molar-refractivity contribution in [3.05, 3.63) is 12.3 Å². The minimum Gasteiger partial charge on any atom is -0.412 e. The predicted octanol–water partition coefficient (Wildman–Crippen LogP) is 6.58. The zero-order valence-corrected chi connectivity index (χ0v) is 21.1. The summed E-state index contributed by atoms with van der Waals surface area (Å²) < 4.78 is 0. The summed E-state index contributed by atoms with van der Waals surface area (Å²) in [6.45, 7) is 20.0. The van der Waals surface area contributed by atoms with Crippen LogP contribution >= 0.6 is 0 Å². The Labute approximate surface area is 188 Å². The summed E-state index contributed by atoms with van der Waals surface area (Å²) in [6, 6.07) is -0.0463. The van der Waals surface area contributed by atoms with Crippen molar-refractivity contribution in [2.75, 3.05) is 13.1 Å². The maximum atomic E-state index is 9.43. The van der Waals surface area contributed by atoms with E-state index in [0.717, 1.165) is 30.6 Å². The first-order valence-electron chi connectivity index (χ1n) is 12.6. The van der Waals surface area contributed by atoms with Crippen molar-refractivity contribution in [3.8, 4) is 0 Å². The molecule has 4 N–H and O–H groups in total. The topological polar surface area (TPSA) is 67.0 Å². The van der Waals surface area contributed by atoms with Crippen molar-refractivity contribution < 1.29 is 10.7 Å². The fourth-order valence-electron chi connectivity index (χ4n) is 4.85. The second kappa shape index (κ2) is 15.3. The molecule has 4 nitrogen and oxygen atoms in total. The van der Waals surface area contributed by atoms with Crippen LogP contribution in [0.4, 0.5) is 0 Å². The first-order valence-corrected chi connectivity index (χ1v) is 12.6. The molecular formula is C26H54N2O2. The molecule has 0 aromatic heterocycles. The zero-order valence-electron chi connectivity index (χ0n) is 21.1. The van der Waals surface area contributed by atoms with Gasteiger partial charge >= 0.3 is 0 Å². The Morgan fingerprint density at radius 2 is 1.60 bits per heavy atom. The summed E-state index contributed by atoms with van der Waals surface area (Å²) in [5, 5.41) is 9.43. The SMILES string of the molecule is C1CCCCC1.C=C([C@H](NO)C(C)C)N1CC(CCCCC(C)CC)C(C)(C)C1.O. The van der Waals surface area contributed by atoms with E-state index >= 15 is 0 Å². The van der Waals surface area contributed by atoms with E-state index < -0.39 is 0 Å². The number of rotatable bonds is 10. The molecule has 0 spiro atoms. The molecule has 1 aliphatic carbocycles. The maximum Gasteiger partial charge on any atom is 0.0734 e. The molecule has 0 aromatic carbocycles. The van der Waals surface area contributed by atoms with Crippen LogP contribution in [0, 0.1) is 23.2 Å². The first-order chi connectivity index (χ1) is 13.7. The van der Waals surface area contributed by atoms with Gasteiger partial charge in [0, 0.05) is 18.8 Å². The van der Waals surface area contributed by atoms with E-state index in [1.165, 1.54) is 70.6 Å². The van der Waals surface area contributed by atoms with E-state index in [9.17, 15) is 5.21 Å². The Hall–Kier alpha value is -0.580. The van der Waals surface area contributed by atoms with Gasteiger partial charge in [-0.05, 0) is 29.6 Å². The van der Waals surface area contributed by atoms with Gasteiger partial charge in [0.2, 0.25) is 0 Å². The standard InChI is InChI=1S/C20H40N2O.C6H12.H2O/c1-8-16(4)11-9-10-12-18-13-22(14-20(18,6)7)17(5)19(21-23)15(2)3;1-2-4-6-5-3-1;/h15-16,18-19,21,23H,5,8-14H2,1-4,6-7H3;1-6H2;1H2/t16?,18?,19-;;/m1../s1. The molecule has 2 fully saturated rings. The molecule has 2 unspecified atom stereocenters. The molecule has 0 aromatic rings. The predicted molar refractivity (Wildman–Crippen MR) is 131 cm³/mol. The number of hydrogen-bond acceptors (Lipinski definition) is 3. The van der Waals surface area contributed by atoms with E-state index in [1.807, 2.05) is 0 Å². The number of hydroxylamine groups is 1. The zero-order chi connectivity index (χ0) is 21.9. The third-order valence-electron chi connectivity index (χ3n) is 7.41. The van der Waals surface area contributed by atoms with Crippen molar-refractivity contribution in [1.29, 1.82) is 0 Å². The minimum atomic E-state index is -0.0463. The van der Waals surface area contributed by atoms with E-state index in [1.54, 1.807) is 0 Å². The highest BCUT2D eigenvalue weighted by Gasteiger charge is 2.40. The van der Waals surface area contributed by atoms with Crippen LogP contribution in [-0.2, 0) is 0 Å². The van der Waals surface area contributed by atoms with Crippen molar-refractivity contribution in [2.45, 2.75) is 118 Å². The van der Waals surface area contributed by atoms with Crippen LogP contribution in [0.15, 0.2) is 12.3 Å². The number of nitrogens with zero attached hydrogens (tertiary/aromatic N) is 1. The summed E-state index contributed by atoms with van der Waals surface area (Å²) in [5.74, 6) is 1.93. The molecule has 180 valence electrons. The monoisotopic (exact) mass is 426 g/mol. The Balaban J connectivity index is 0.00000103.